The molecule has 4 rings (SSSR count). The van der Waals surface area contributed by atoms with Crippen LogP contribution in [0.2, 0.25) is 0 Å². The zero-order chi connectivity index (χ0) is 25.4. The summed E-state index contributed by atoms with van der Waals surface area (Å²) in [6.07, 6.45) is 2.69. The van der Waals surface area contributed by atoms with Gasteiger partial charge in [-0.15, -0.1) is 0 Å². The molecule has 0 fully saturated rings. The molecule has 0 atom stereocenters. The van der Waals surface area contributed by atoms with Crippen LogP contribution in [-0.4, -0.2) is 39.6 Å². The van der Waals surface area contributed by atoms with E-state index in [1.165, 1.54) is 11.6 Å². The normalized spacial score (nSPS) is 10.5. The topological polar surface area (TPSA) is 57.5 Å². The van der Waals surface area contributed by atoms with Crippen LogP contribution in [0.15, 0.2) is 73.2 Å². The van der Waals surface area contributed by atoms with E-state index in [-0.39, 0.29) is 5.82 Å². The molecule has 6 nitrogen and oxygen atoms in total. The summed E-state index contributed by atoms with van der Waals surface area (Å²) in [4.78, 5) is 6.83. The zero-order valence-electron chi connectivity index (χ0n) is 21.3. The maximum Gasteiger partial charge on any atom is 0.160 e. The Morgan fingerprint density at radius 3 is 2.51 bits per heavy atom. The van der Waals surface area contributed by atoms with Gasteiger partial charge in [0.25, 0.3) is 0 Å². The summed E-state index contributed by atoms with van der Waals surface area (Å²) in [6, 6.07) is 16.9. The molecular weight excluding hydrogens is 439 g/mol. The lowest BCUT2D eigenvalue weighted by Crippen LogP contribution is -2.25. The molecule has 0 saturated heterocycles. The molecule has 2 heterocycles. The third kappa shape index (κ3) is 6.18. The highest BCUT2D eigenvalue weighted by molar-refractivity contribution is 5.70. The first-order valence-electron chi connectivity index (χ1n) is 12.0. The first kappa shape index (κ1) is 25.7. The molecule has 0 amide bonds. The predicted molar refractivity (Wildman–Crippen MR) is 144 cm³/mol. The van der Waals surface area contributed by atoms with E-state index in [2.05, 4.69) is 41.4 Å². The summed E-state index contributed by atoms with van der Waals surface area (Å²) in [5.74, 6) is 1.25. The number of aryl methyl sites for hydroxylation is 2. The Labute approximate surface area is 207 Å². The van der Waals surface area contributed by atoms with Crippen molar-refractivity contribution in [2.45, 2.75) is 34.1 Å². The van der Waals surface area contributed by atoms with Crippen LogP contribution in [0.3, 0.4) is 0 Å². The van der Waals surface area contributed by atoms with Crippen LogP contribution in [0, 0.1) is 19.7 Å². The fourth-order valence-corrected chi connectivity index (χ4v) is 3.68. The van der Waals surface area contributed by atoms with Gasteiger partial charge < -0.3 is 15.5 Å². The monoisotopic (exact) mass is 474 g/mol. The van der Waals surface area contributed by atoms with Crippen LogP contribution < -0.4 is 10.6 Å². The zero-order valence-corrected chi connectivity index (χ0v) is 21.3. The third-order valence-corrected chi connectivity index (χ3v) is 5.66. The largest absolute Gasteiger partial charge is 0.370 e. The van der Waals surface area contributed by atoms with Crippen LogP contribution in [0.5, 0.6) is 0 Å². The molecule has 0 saturated carbocycles. The molecule has 35 heavy (non-hydrogen) atoms. The average molecular weight is 475 g/mol. The number of hydrogen-bond acceptors (Lipinski definition) is 5. The van der Waals surface area contributed by atoms with E-state index in [4.69, 9.17) is 4.98 Å². The van der Waals surface area contributed by atoms with E-state index < -0.39 is 0 Å². The highest BCUT2D eigenvalue weighted by atomic mass is 19.1. The Hall–Kier alpha value is -3.87. The van der Waals surface area contributed by atoms with Crippen molar-refractivity contribution in [2.24, 2.45) is 0 Å². The number of para-hydroxylation sites is 1. The summed E-state index contributed by atoms with van der Waals surface area (Å²) in [5, 5.41) is 11.0. The molecule has 0 radical (unpaired) electrons. The maximum atomic E-state index is 13.9. The van der Waals surface area contributed by atoms with Crippen molar-refractivity contribution in [3.05, 3.63) is 90.1 Å². The van der Waals surface area contributed by atoms with Gasteiger partial charge in [-0.05, 0) is 38.0 Å². The van der Waals surface area contributed by atoms with Gasteiger partial charge in [0.05, 0.1) is 23.4 Å². The highest BCUT2D eigenvalue weighted by Crippen LogP contribution is 2.26. The third-order valence-electron chi connectivity index (χ3n) is 5.66. The second kappa shape index (κ2) is 12.0. The number of anilines is 2. The quantitative estimate of drug-likeness (QED) is 0.271. The van der Waals surface area contributed by atoms with E-state index in [1.807, 2.05) is 61.6 Å². The molecule has 0 aliphatic rings. The molecular formula is C28H35FN6. The van der Waals surface area contributed by atoms with Crippen molar-refractivity contribution in [1.29, 1.82) is 0 Å². The molecule has 2 N–H and O–H groups in total. The smallest absolute Gasteiger partial charge is 0.160 e. The van der Waals surface area contributed by atoms with Crippen LogP contribution in [0.1, 0.15) is 31.4 Å². The SMILES string of the molecule is C=C(Nc1ccccc1F)N(C)CCCNc1cc(-c2ccccc2C)nc2c(C)cnn12.CC. The molecule has 0 unspecified atom stereocenters. The number of benzene rings is 2. The summed E-state index contributed by atoms with van der Waals surface area (Å²) in [7, 11) is 1.94. The first-order valence-corrected chi connectivity index (χ1v) is 12.0. The fourth-order valence-electron chi connectivity index (χ4n) is 3.68. The van der Waals surface area contributed by atoms with Crippen molar-refractivity contribution in [3.8, 4) is 11.3 Å². The van der Waals surface area contributed by atoms with Gasteiger partial charge in [-0.25, -0.2) is 9.37 Å². The minimum absolute atomic E-state index is 0.297. The molecule has 7 heteroatoms. The summed E-state index contributed by atoms with van der Waals surface area (Å²) in [5.41, 5.74) is 5.51. The van der Waals surface area contributed by atoms with Crippen molar-refractivity contribution >= 4 is 17.2 Å². The van der Waals surface area contributed by atoms with E-state index >= 15 is 0 Å². The fraction of sp³-hybridized carbons (Fsp3) is 0.286. The summed E-state index contributed by atoms with van der Waals surface area (Å²) < 4.78 is 15.7. The van der Waals surface area contributed by atoms with E-state index in [1.54, 1.807) is 18.2 Å². The van der Waals surface area contributed by atoms with Crippen molar-refractivity contribution in [3.63, 3.8) is 0 Å². The molecule has 0 bridgehead atoms. The molecule has 0 spiro atoms. The maximum absolute atomic E-state index is 13.9. The van der Waals surface area contributed by atoms with Gasteiger partial charge in [-0.2, -0.15) is 9.61 Å². The van der Waals surface area contributed by atoms with Crippen LogP contribution >= 0.6 is 0 Å². The number of nitrogens with one attached hydrogen (secondary N) is 2. The lowest BCUT2D eigenvalue weighted by Gasteiger charge is -2.23. The Morgan fingerprint density at radius 2 is 1.77 bits per heavy atom. The molecule has 2 aromatic heterocycles. The minimum Gasteiger partial charge on any atom is -0.370 e. The Bertz CT molecular complexity index is 1280. The molecule has 2 aromatic carbocycles. The number of fused-ring (bicyclic) bond motifs is 1. The minimum atomic E-state index is -0.297. The van der Waals surface area contributed by atoms with Gasteiger partial charge in [0.15, 0.2) is 5.65 Å². The van der Waals surface area contributed by atoms with Crippen LogP contribution in [0.4, 0.5) is 15.9 Å². The van der Waals surface area contributed by atoms with Gasteiger partial charge in [-0.3, -0.25) is 0 Å². The van der Waals surface area contributed by atoms with Gasteiger partial charge in [0.1, 0.15) is 11.6 Å². The molecule has 0 aliphatic heterocycles. The standard InChI is InChI=1S/C26H29FN6.C2H6/c1-18-10-5-6-11-21(18)24-16-25(33-26(31-24)19(2)17-29-33)28-14-9-15-32(4)20(3)30-23-13-8-7-12-22(23)27;1-2/h5-8,10-13,16-17,28,30H,3,9,14-15H2,1-2,4H3;1-2H3. The first-order chi connectivity index (χ1) is 16.9. The number of aromatic nitrogens is 3. The number of halogens is 1. The predicted octanol–water partition coefficient (Wildman–Crippen LogP) is 6.50. The second-order valence-electron chi connectivity index (χ2n) is 8.16. The van der Waals surface area contributed by atoms with Gasteiger partial charge >= 0.3 is 0 Å². The average Bonchev–Trinajstić information content (AvgIpc) is 3.25. The molecule has 4 aromatic rings. The van der Waals surface area contributed by atoms with Crippen molar-refractivity contribution in [2.75, 3.05) is 30.8 Å². The lowest BCUT2D eigenvalue weighted by molar-refractivity contribution is 0.418. The number of rotatable bonds is 9. The second-order valence-corrected chi connectivity index (χ2v) is 8.16. The highest BCUT2D eigenvalue weighted by Gasteiger charge is 2.12. The van der Waals surface area contributed by atoms with Gasteiger partial charge in [-0.1, -0.05) is 56.8 Å². The summed E-state index contributed by atoms with van der Waals surface area (Å²) in [6.45, 7) is 13.6. The van der Waals surface area contributed by atoms with Crippen molar-refractivity contribution < 1.29 is 4.39 Å². The number of hydrogen-bond donors (Lipinski definition) is 2. The summed E-state index contributed by atoms with van der Waals surface area (Å²) >= 11 is 0. The van der Waals surface area contributed by atoms with Crippen LogP contribution in [0.25, 0.3) is 16.9 Å². The van der Waals surface area contributed by atoms with E-state index in [0.29, 0.717) is 11.5 Å². The molecule has 0 aliphatic carbocycles. The van der Waals surface area contributed by atoms with Crippen molar-refractivity contribution in [1.82, 2.24) is 19.5 Å². The number of nitrogens with zero attached hydrogens (tertiary/aromatic N) is 4. The van der Waals surface area contributed by atoms with Crippen LogP contribution in [-0.2, 0) is 0 Å². The Kier molecular flexibility index (Phi) is 8.84. The van der Waals surface area contributed by atoms with Gasteiger partial charge in [0.2, 0.25) is 0 Å². The van der Waals surface area contributed by atoms with E-state index in [9.17, 15) is 4.39 Å². The Balaban J connectivity index is 0.00000167. The van der Waals surface area contributed by atoms with E-state index in [0.717, 1.165) is 47.8 Å². The molecule has 184 valence electrons. The lowest BCUT2D eigenvalue weighted by atomic mass is 10.1. The van der Waals surface area contributed by atoms with Gasteiger partial charge in [0, 0.05) is 37.3 Å². The Morgan fingerprint density at radius 1 is 1.06 bits per heavy atom.